The highest BCUT2D eigenvalue weighted by atomic mass is 32.1. The number of hydrogen-bond donors (Lipinski definition) is 0. The number of rotatable bonds is 2. The van der Waals surface area contributed by atoms with E-state index in [0.717, 1.165) is 33.1 Å². The summed E-state index contributed by atoms with van der Waals surface area (Å²) in [5, 5.41) is 7.13. The highest BCUT2D eigenvalue weighted by Crippen LogP contribution is 2.56. The van der Waals surface area contributed by atoms with Crippen LogP contribution in [0.5, 0.6) is 0 Å². The number of para-hydroxylation sites is 1. The SMILES string of the molecule is CC1(C)c2ccccc2-c2sc3c(ccc4c5ccccc5n(-c5nc(-c6ccccc6)c6ccc7ccccc7c6n5)c43)c21. The Hall–Kier alpha value is -5.32. The first-order chi connectivity index (χ1) is 22.1. The molecule has 0 amide bonds. The molecule has 45 heavy (non-hydrogen) atoms. The summed E-state index contributed by atoms with van der Waals surface area (Å²) < 4.78 is 3.62. The second-order valence-electron chi connectivity index (χ2n) is 12.6. The van der Waals surface area contributed by atoms with Crippen molar-refractivity contribution < 1.29 is 0 Å². The molecule has 1 aliphatic carbocycles. The summed E-state index contributed by atoms with van der Waals surface area (Å²) >= 11 is 1.92. The molecule has 0 atom stereocenters. The van der Waals surface area contributed by atoms with Gasteiger partial charge in [-0.15, -0.1) is 11.3 Å². The molecule has 0 unspecified atom stereocenters. The van der Waals surface area contributed by atoms with E-state index in [-0.39, 0.29) is 5.41 Å². The summed E-state index contributed by atoms with van der Waals surface area (Å²) in [4.78, 5) is 12.2. The molecule has 1 aliphatic rings. The van der Waals surface area contributed by atoms with Gasteiger partial charge in [-0.25, -0.2) is 9.97 Å². The average molecular weight is 594 g/mol. The Balaban J connectivity index is 1.38. The van der Waals surface area contributed by atoms with Crippen molar-refractivity contribution in [3.63, 3.8) is 0 Å². The Bertz CT molecular complexity index is 2680. The van der Waals surface area contributed by atoms with E-state index < -0.39 is 0 Å². The van der Waals surface area contributed by atoms with Gasteiger partial charge < -0.3 is 0 Å². The van der Waals surface area contributed by atoms with Gasteiger partial charge in [0.1, 0.15) is 0 Å². The van der Waals surface area contributed by atoms with Gasteiger partial charge in [0.15, 0.2) is 0 Å². The van der Waals surface area contributed by atoms with Gasteiger partial charge in [-0.2, -0.15) is 0 Å². The highest BCUT2D eigenvalue weighted by Gasteiger charge is 2.39. The Morgan fingerprint density at radius 2 is 1.31 bits per heavy atom. The second kappa shape index (κ2) is 8.87. The number of benzene rings is 6. The summed E-state index contributed by atoms with van der Waals surface area (Å²) in [6.45, 7) is 4.74. The Morgan fingerprint density at radius 3 is 2.20 bits per heavy atom. The van der Waals surface area contributed by atoms with E-state index in [0.29, 0.717) is 5.95 Å². The number of aromatic nitrogens is 3. The molecule has 0 spiro atoms. The van der Waals surface area contributed by atoms with Crippen molar-refractivity contribution in [2.45, 2.75) is 19.3 Å². The number of fused-ring (bicyclic) bond motifs is 12. The zero-order chi connectivity index (χ0) is 29.9. The van der Waals surface area contributed by atoms with Crippen LogP contribution in [0.25, 0.3) is 81.2 Å². The lowest BCUT2D eigenvalue weighted by molar-refractivity contribution is 0.667. The zero-order valence-electron chi connectivity index (χ0n) is 24.9. The fourth-order valence-corrected chi connectivity index (χ4v) is 9.29. The smallest absolute Gasteiger partial charge is 0.235 e. The monoisotopic (exact) mass is 593 g/mol. The lowest BCUT2D eigenvalue weighted by atomic mass is 9.81. The van der Waals surface area contributed by atoms with Gasteiger partial charge in [0, 0.05) is 37.4 Å². The molecule has 212 valence electrons. The molecule has 0 aliphatic heterocycles. The molecule has 0 bridgehead atoms. The van der Waals surface area contributed by atoms with E-state index >= 15 is 0 Å². The van der Waals surface area contributed by atoms with Crippen LogP contribution in [0, 0.1) is 0 Å². The van der Waals surface area contributed by atoms with Gasteiger partial charge in [-0.3, -0.25) is 4.57 Å². The summed E-state index contributed by atoms with van der Waals surface area (Å²) in [6, 6.07) is 45.7. The van der Waals surface area contributed by atoms with Crippen molar-refractivity contribution in [3.05, 3.63) is 139 Å². The molecule has 3 heterocycles. The summed E-state index contributed by atoms with van der Waals surface area (Å²) in [5.74, 6) is 0.699. The second-order valence-corrected chi connectivity index (χ2v) is 13.6. The van der Waals surface area contributed by atoms with Crippen LogP contribution in [0.3, 0.4) is 0 Å². The lowest BCUT2D eigenvalue weighted by Crippen LogP contribution is -2.14. The quantitative estimate of drug-likeness (QED) is 0.187. The Kier molecular flexibility index (Phi) is 4.94. The van der Waals surface area contributed by atoms with Crippen LogP contribution >= 0.6 is 11.3 Å². The molecule has 3 nitrogen and oxygen atoms in total. The standard InChI is InChI=1S/C41H27N3S/c1-41(2)32-18-10-8-17-29(32)38-34(41)30-23-22-28-27-16-9-11-19-33(27)44(37(28)39(30)45-38)40-42-35(25-13-4-3-5-14-25)31-21-20-24-12-6-7-15-26(24)36(31)43-40/h3-23H,1-2H3. The fraction of sp³-hybridized carbons (Fsp3) is 0.0732. The van der Waals surface area contributed by atoms with Gasteiger partial charge in [0.05, 0.1) is 26.9 Å². The molecule has 0 N–H and O–H groups in total. The normalized spacial score (nSPS) is 13.7. The van der Waals surface area contributed by atoms with Crippen molar-refractivity contribution in [1.29, 1.82) is 0 Å². The first-order valence-corrected chi connectivity index (χ1v) is 16.3. The third kappa shape index (κ3) is 3.29. The minimum atomic E-state index is -0.0759. The van der Waals surface area contributed by atoms with E-state index in [9.17, 15) is 0 Å². The van der Waals surface area contributed by atoms with E-state index in [1.807, 2.05) is 11.3 Å². The average Bonchev–Trinajstić information content (AvgIpc) is 3.71. The van der Waals surface area contributed by atoms with Crippen molar-refractivity contribution in [3.8, 4) is 27.6 Å². The largest absolute Gasteiger partial charge is 0.276 e. The van der Waals surface area contributed by atoms with E-state index in [2.05, 4.69) is 146 Å². The van der Waals surface area contributed by atoms with Crippen LogP contribution in [0.2, 0.25) is 0 Å². The lowest BCUT2D eigenvalue weighted by Gasteiger charge is -2.21. The first-order valence-electron chi connectivity index (χ1n) is 15.4. The predicted molar refractivity (Wildman–Crippen MR) is 190 cm³/mol. The predicted octanol–water partition coefficient (Wildman–Crippen LogP) is 11.1. The van der Waals surface area contributed by atoms with Gasteiger partial charge in [-0.05, 0) is 39.6 Å². The first kappa shape index (κ1) is 25.1. The molecule has 0 saturated carbocycles. The summed E-state index contributed by atoms with van der Waals surface area (Å²) in [5.41, 5.74) is 9.42. The molecule has 0 fully saturated rings. The van der Waals surface area contributed by atoms with Crippen molar-refractivity contribution in [2.75, 3.05) is 0 Å². The van der Waals surface area contributed by atoms with Crippen LogP contribution in [0.15, 0.2) is 127 Å². The third-order valence-corrected chi connectivity index (χ3v) is 11.0. The zero-order valence-corrected chi connectivity index (χ0v) is 25.7. The molecule has 0 radical (unpaired) electrons. The fourth-order valence-electron chi connectivity index (χ4n) is 7.75. The maximum absolute atomic E-state index is 5.42. The van der Waals surface area contributed by atoms with Gasteiger partial charge in [-0.1, -0.05) is 129 Å². The van der Waals surface area contributed by atoms with Gasteiger partial charge in [0.2, 0.25) is 5.95 Å². The third-order valence-electron chi connectivity index (χ3n) is 9.79. The maximum atomic E-state index is 5.42. The molecule has 6 aromatic carbocycles. The molecule has 4 heteroatoms. The van der Waals surface area contributed by atoms with Crippen LogP contribution in [0.4, 0.5) is 0 Å². The van der Waals surface area contributed by atoms with Crippen LogP contribution in [0.1, 0.15) is 25.0 Å². The summed E-state index contributed by atoms with van der Waals surface area (Å²) in [6.07, 6.45) is 0. The Morgan fingerprint density at radius 1 is 0.600 bits per heavy atom. The minimum Gasteiger partial charge on any atom is -0.276 e. The van der Waals surface area contributed by atoms with Gasteiger partial charge >= 0.3 is 0 Å². The summed E-state index contributed by atoms with van der Waals surface area (Å²) in [7, 11) is 0. The van der Waals surface area contributed by atoms with Crippen LogP contribution in [-0.4, -0.2) is 14.5 Å². The molecule has 3 aromatic heterocycles. The number of thiophene rings is 1. The highest BCUT2D eigenvalue weighted by molar-refractivity contribution is 7.23. The van der Waals surface area contributed by atoms with E-state index in [1.54, 1.807) is 0 Å². The van der Waals surface area contributed by atoms with Crippen LogP contribution < -0.4 is 0 Å². The molecular weight excluding hydrogens is 567 g/mol. The number of nitrogens with zero attached hydrogens (tertiary/aromatic N) is 3. The Labute approximate surface area is 264 Å². The minimum absolute atomic E-state index is 0.0759. The number of hydrogen-bond acceptors (Lipinski definition) is 3. The molecular formula is C41H27N3S. The van der Waals surface area contributed by atoms with Crippen molar-refractivity contribution >= 4 is 64.9 Å². The van der Waals surface area contributed by atoms with Crippen molar-refractivity contribution in [1.82, 2.24) is 14.5 Å². The topological polar surface area (TPSA) is 30.7 Å². The molecule has 10 rings (SSSR count). The van der Waals surface area contributed by atoms with Gasteiger partial charge in [0.25, 0.3) is 0 Å². The molecule has 9 aromatic rings. The maximum Gasteiger partial charge on any atom is 0.235 e. The van der Waals surface area contributed by atoms with Crippen molar-refractivity contribution in [2.24, 2.45) is 0 Å². The van der Waals surface area contributed by atoms with E-state index in [4.69, 9.17) is 9.97 Å². The van der Waals surface area contributed by atoms with E-state index in [1.165, 1.54) is 53.3 Å². The van der Waals surface area contributed by atoms with Crippen LogP contribution in [-0.2, 0) is 5.41 Å². The molecule has 0 saturated heterocycles.